The molecule has 7 heteroatoms. The molecule has 1 amide bonds. The summed E-state index contributed by atoms with van der Waals surface area (Å²) in [5, 5.41) is 1.47. The molecule has 2 atom stereocenters. The van der Waals surface area contributed by atoms with Gasteiger partial charge in [-0.15, -0.1) is 0 Å². The predicted molar refractivity (Wildman–Crippen MR) is 96.3 cm³/mol. The maximum Gasteiger partial charge on any atom is 0.260 e. The van der Waals surface area contributed by atoms with E-state index in [1.165, 1.54) is 11.8 Å². The monoisotopic (exact) mass is 402 g/mol. The zero-order valence-corrected chi connectivity index (χ0v) is 16.2. The molecule has 23 heavy (non-hydrogen) atoms. The lowest BCUT2D eigenvalue weighted by Gasteiger charge is -2.49. The number of halogens is 1. The number of allylic oxidation sites excluding steroid dienone is 1. The highest BCUT2D eigenvalue weighted by Crippen LogP contribution is 2.49. The van der Waals surface area contributed by atoms with Crippen LogP contribution in [0.4, 0.5) is 0 Å². The van der Waals surface area contributed by atoms with Crippen LogP contribution in [-0.4, -0.2) is 65.1 Å². The first-order valence-corrected chi connectivity index (χ1v) is 10.3. The quantitative estimate of drug-likeness (QED) is 0.499. The molecule has 3 rings (SSSR count). The number of thioether (sulfide) groups is 1. The van der Waals surface area contributed by atoms with Crippen molar-refractivity contribution in [1.29, 1.82) is 0 Å². The maximum atomic E-state index is 13.2. The van der Waals surface area contributed by atoms with E-state index < -0.39 is 5.54 Å². The van der Waals surface area contributed by atoms with Gasteiger partial charge in [-0.2, -0.15) is 0 Å². The average molecular weight is 403 g/mol. The molecule has 2 saturated heterocycles. The van der Waals surface area contributed by atoms with E-state index in [9.17, 15) is 4.79 Å². The molecule has 5 nitrogen and oxygen atoms in total. The summed E-state index contributed by atoms with van der Waals surface area (Å²) in [6.07, 6.45) is 6.14. The van der Waals surface area contributed by atoms with Gasteiger partial charge < -0.3 is 9.47 Å². The first-order chi connectivity index (χ1) is 11.0. The fourth-order valence-electron chi connectivity index (χ4n) is 3.98. The Morgan fingerprint density at radius 2 is 2.17 bits per heavy atom. The normalized spacial score (nSPS) is 35.4. The minimum absolute atomic E-state index is 0.0649. The van der Waals surface area contributed by atoms with E-state index >= 15 is 0 Å². The van der Waals surface area contributed by atoms with Gasteiger partial charge in [-0.25, -0.2) is 4.99 Å². The van der Waals surface area contributed by atoms with Gasteiger partial charge in [0.1, 0.15) is 0 Å². The van der Waals surface area contributed by atoms with Crippen LogP contribution < -0.4 is 0 Å². The molecule has 2 unspecified atom stereocenters. The number of hydrogen-bond acceptors (Lipinski definition) is 5. The SMILES string of the molecule is CSC1=NC2(CC3(CCOCC3)OC(C)/C2=C\CBr)C(=O)N1C. The highest BCUT2D eigenvalue weighted by atomic mass is 79.9. The number of alkyl halides is 1. The molecule has 3 heterocycles. The van der Waals surface area contributed by atoms with Crippen molar-refractivity contribution >= 4 is 38.8 Å². The average Bonchev–Trinajstić information content (AvgIpc) is 2.77. The van der Waals surface area contributed by atoms with Gasteiger partial charge in [-0.1, -0.05) is 33.8 Å². The Balaban J connectivity index is 2.07. The number of nitrogens with zero attached hydrogens (tertiary/aromatic N) is 2. The minimum atomic E-state index is -0.810. The highest BCUT2D eigenvalue weighted by molar-refractivity contribution is 9.09. The van der Waals surface area contributed by atoms with Crippen LogP contribution in [-0.2, 0) is 14.3 Å². The van der Waals surface area contributed by atoms with Gasteiger partial charge in [0, 0.05) is 32.0 Å². The van der Waals surface area contributed by atoms with Crippen molar-refractivity contribution in [2.75, 3.05) is 31.8 Å². The van der Waals surface area contributed by atoms with Crippen molar-refractivity contribution in [1.82, 2.24) is 4.90 Å². The lowest BCUT2D eigenvalue weighted by Crippen LogP contribution is -2.58. The van der Waals surface area contributed by atoms with Crippen LogP contribution in [0.15, 0.2) is 16.6 Å². The Kier molecular flexibility index (Phi) is 4.93. The van der Waals surface area contributed by atoms with Crippen molar-refractivity contribution in [3.05, 3.63) is 11.6 Å². The molecule has 0 radical (unpaired) electrons. The number of amidine groups is 1. The fourth-order valence-corrected chi connectivity index (χ4v) is 4.93. The number of rotatable bonds is 1. The van der Waals surface area contributed by atoms with Gasteiger partial charge in [0.25, 0.3) is 5.91 Å². The third-order valence-electron chi connectivity index (χ3n) is 5.04. The fraction of sp³-hybridized carbons (Fsp3) is 0.750. The third kappa shape index (κ3) is 2.79. The molecule has 0 bridgehead atoms. The standard InChI is InChI=1S/C16H23BrN2O3S/c1-11-12(4-7-17)16(13(20)19(2)14(18-16)23-3)10-15(22-11)5-8-21-9-6-15/h4,11H,5-10H2,1-3H3/b12-4+. The Bertz CT molecular complexity index is 560. The van der Waals surface area contributed by atoms with Crippen LogP contribution in [0.5, 0.6) is 0 Å². The Labute approximate surface area is 150 Å². The lowest BCUT2D eigenvalue weighted by molar-refractivity contribution is -0.167. The molecule has 0 aromatic carbocycles. The molecule has 2 fully saturated rings. The van der Waals surface area contributed by atoms with Crippen LogP contribution in [0.1, 0.15) is 26.2 Å². The van der Waals surface area contributed by atoms with Gasteiger partial charge in [0.05, 0.1) is 11.7 Å². The predicted octanol–water partition coefficient (Wildman–Crippen LogP) is 2.60. The summed E-state index contributed by atoms with van der Waals surface area (Å²) in [5.41, 5.74) is -0.141. The largest absolute Gasteiger partial charge is 0.381 e. The maximum absolute atomic E-state index is 13.2. The van der Waals surface area contributed by atoms with Crippen LogP contribution in [0, 0.1) is 0 Å². The van der Waals surface area contributed by atoms with Crippen molar-refractivity contribution in [2.45, 2.75) is 43.4 Å². The lowest BCUT2D eigenvalue weighted by atomic mass is 9.71. The molecule has 0 N–H and O–H groups in total. The minimum Gasteiger partial charge on any atom is -0.381 e. The van der Waals surface area contributed by atoms with Crippen molar-refractivity contribution in [3.8, 4) is 0 Å². The molecular weight excluding hydrogens is 380 g/mol. The summed E-state index contributed by atoms with van der Waals surface area (Å²) in [7, 11) is 1.81. The second-order valence-electron chi connectivity index (χ2n) is 6.37. The summed E-state index contributed by atoms with van der Waals surface area (Å²) >= 11 is 4.99. The Morgan fingerprint density at radius 1 is 1.48 bits per heavy atom. The van der Waals surface area contributed by atoms with Crippen molar-refractivity contribution in [2.24, 2.45) is 4.99 Å². The van der Waals surface area contributed by atoms with E-state index in [0.29, 0.717) is 25.0 Å². The van der Waals surface area contributed by atoms with E-state index in [1.807, 2.05) is 20.2 Å². The number of carbonyl (C=O) groups excluding carboxylic acids is 1. The summed E-state index contributed by atoms with van der Waals surface area (Å²) < 4.78 is 11.9. The second kappa shape index (κ2) is 6.50. The third-order valence-corrected chi connectivity index (χ3v) is 6.09. The molecule has 2 spiro atoms. The van der Waals surface area contributed by atoms with Gasteiger partial charge in [0.15, 0.2) is 10.7 Å². The van der Waals surface area contributed by atoms with Crippen LogP contribution >= 0.6 is 27.7 Å². The molecule has 0 aromatic rings. The van der Waals surface area contributed by atoms with E-state index in [2.05, 4.69) is 22.0 Å². The summed E-state index contributed by atoms with van der Waals surface area (Å²) in [6.45, 7) is 3.40. The van der Waals surface area contributed by atoms with Gasteiger partial charge in [0.2, 0.25) is 0 Å². The second-order valence-corrected chi connectivity index (χ2v) is 7.79. The number of likely N-dealkylation sites (N-methyl/N-ethyl adjacent to an activating group) is 1. The number of amides is 1. The summed E-state index contributed by atoms with van der Waals surface area (Å²) in [6, 6.07) is 0. The van der Waals surface area contributed by atoms with Crippen LogP contribution in [0.3, 0.4) is 0 Å². The number of carbonyl (C=O) groups is 1. The van der Waals surface area contributed by atoms with E-state index in [4.69, 9.17) is 14.5 Å². The summed E-state index contributed by atoms with van der Waals surface area (Å²) in [4.78, 5) is 19.8. The van der Waals surface area contributed by atoms with Crippen molar-refractivity contribution in [3.63, 3.8) is 0 Å². The van der Waals surface area contributed by atoms with E-state index in [-0.39, 0.29) is 17.6 Å². The first kappa shape index (κ1) is 17.5. The smallest absolute Gasteiger partial charge is 0.260 e. The van der Waals surface area contributed by atoms with Gasteiger partial charge in [-0.3, -0.25) is 9.69 Å². The molecule has 3 aliphatic heterocycles. The van der Waals surface area contributed by atoms with Gasteiger partial charge in [-0.05, 0) is 31.6 Å². The molecule has 128 valence electrons. The number of hydrogen-bond donors (Lipinski definition) is 0. The number of aliphatic imine (C=N–C) groups is 1. The van der Waals surface area contributed by atoms with E-state index in [1.54, 1.807) is 4.90 Å². The molecule has 3 aliphatic rings. The molecule has 0 aliphatic carbocycles. The molecule has 0 aromatic heterocycles. The van der Waals surface area contributed by atoms with Crippen LogP contribution in [0.25, 0.3) is 0 Å². The highest BCUT2D eigenvalue weighted by Gasteiger charge is 2.59. The topological polar surface area (TPSA) is 51.1 Å². The van der Waals surface area contributed by atoms with Crippen LogP contribution in [0.2, 0.25) is 0 Å². The Morgan fingerprint density at radius 3 is 2.74 bits per heavy atom. The molecule has 0 saturated carbocycles. The number of ether oxygens (including phenoxy) is 2. The van der Waals surface area contributed by atoms with E-state index in [0.717, 1.165) is 23.6 Å². The zero-order chi connectivity index (χ0) is 16.7. The Hall–Kier alpha value is -0.370. The first-order valence-electron chi connectivity index (χ1n) is 7.92. The van der Waals surface area contributed by atoms with Gasteiger partial charge >= 0.3 is 0 Å². The molecular formula is C16H23BrN2O3S. The summed E-state index contributed by atoms with van der Waals surface area (Å²) in [5.74, 6) is 0.0649. The zero-order valence-electron chi connectivity index (χ0n) is 13.8. The van der Waals surface area contributed by atoms with Crippen molar-refractivity contribution < 1.29 is 14.3 Å².